The second-order valence-corrected chi connectivity index (χ2v) is 8.50. The van der Waals surface area contributed by atoms with Crippen LogP contribution >= 0.6 is 0 Å². The van der Waals surface area contributed by atoms with E-state index in [1.165, 1.54) is 5.69 Å². The highest BCUT2D eigenvalue weighted by atomic mass is 15.3. The predicted molar refractivity (Wildman–Crippen MR) is 121 cm³/mol. The van der Waals surface area contributed by atoms with Gasteiger partial charge in [0, 0.05) is 67.5 Å². The Morgan fingerprint density at radius 2 is 1.80 bits per heavy atom. The standard InChI is InChI=1S/C23H27N7/c1-23(2)16-30(20-5-3-4-10-25-20)21-19(23)15-26-22(28-21)27-17-6-8-18(9-7-17)29-13-11-24-12-14-29/h3-10,15,24H,11-14,16H2,1-2H3,(H,26,27,28). The molecule has 0 unspecified atom stereocenters. The molecular weight excluding hydrogens is 374 g/mol. The van der Waals surface area contributed by atoms with Gasteiger partial charge in [-0.3, -0.25) is 0 Å². The van der Waals surface area contributed by atoms with Gasteiger partial charge in [0.15, 0.2) is 0 Å². The number of pyridine rings is 1. The molecule has 0 atom stereocenters. The highest BCUT2D eigenvalue weighted by molar-refractivity contribution is 5.68. The van der Waals surface area contributed by atoms with E-state index in [0.29, 0.717) is 5.95 Å². The van der Waals surface area contributed by atoms with Crippen molar-refractivity contribution >= 4 is 29.0 Å². The van der Waals surface area contributed by atoms with Crippen LogP contribution in [0.2, 0.25) is 0 Å². The summed E-state index contributed by atoms with van der Waals surface area (Å²) in [5.74, 6) is 2.44. The van der Waals surface area contributed by atoms with Crippen LogP contribution in [0.4, 0.5) is 29.0 Å². The molecule has 154 valence electrons. The first-order valence-electron chi connectivity index (χ1n) is 10.5. The maximum absolute atomic E-state index is 4.86. The summed E-state index contributed by atoms with van der Waals surface area (Å²) in [6, 6.07) is 14.5. The number of benzene rings is 1. The molecule has 5 rings (SSSR count). The van der Waals surface area contributed by atoms with Crippen LogP contribution in [0.25, 0.3) is 0 Å². The van der Waals surface area contributed by atoms with Crippen LogP contribution in [-0.2, 0) is 5.41 Å². The van der Waals surface area contributed by atoms with Crippen LogP contribution in [0, 0.1) is 0 Å². The summed E-state index contributed by atoms with van der Waals surface area (Å²) in [5.41, 5.74) is 3.35. The van der Waals surface area contributed by atoms with Gasteiger partial charge in [-0.15, -0.1) is 0 Å². The number of rotatable bonds is 4. The normalized spacial score (nSPS) is 17.7. The third-order valence-electron chi connectivity index (χ3n) is 5.84. The highest BCUT2D eigenvalue weighted by Crippen LogP contribution is 2.42. The highest BCUT2D eigenvalue weighted by Gasteiger charge is 2.38. The summed E-state index contributed by atoms with van der Waals surface area (Å²) in [5, 5.41) is 6.75. The fraction of sp³-hybridized carbons (Fsp3) is 0.348. The molecule has 7 nitrogen and oxygen atoms in total. The van der Waals surface area contributed by atoms with Crippen molar-refractivity contribution in [3.63, 3.8) is 0 Å². The first kappa shape index (κ1) is 18.8. The van der Waals surface area contributed by atoms with E-state index in [-0.39, 0.29) is 5.41 Å². The average molecular weight is 402 g/mol. The van der Waals surface area contributed by atoms with Crippen LogP contribution in [0.15, 0.2) is 54.9 Å². The molecule has 0 radical (unpaired) electrons. The van der Waals surface area contributed by atoms with Crippen LogP contribution in [0.1, 0.15) is 19.4 Å². The summed E-state index contributed by atoms with van der Waals surface area (Å²) < 4.78 is 0. The molecule has 30 heavy (non-hydrogen) atoms. The zero-order chi connectivity index (χ0) is 20.6. The van der Waals surface area contributed by atoms with Gasteiger partial charge < -0.3 is 20.4 Å². The van der Waals surface area contributed by atoms with Gasteiger partial charge in [-0.1, -0.05) is 19.9 Å². The zero-order valence-corrected chi connectivity index (χ0v) is 17.5. The Hall–Kier alpha value is -3.19. The Kier molecular flexibility index (Phi) is 4.75. The van der Waals surface area contributed by atoms with Gasteiger partial charge in [0.25, 0.3) is 0 Å². The number of nitrogens with zero attached hydrogens (tertiary/aromatic N) is 5. The SMILES string of the molecule is CC1(C)CN(c2ccccn2)c2nc(Nc3ccc(N4CCNCC4)cc3)ncc21. The quantitative estimate of drug-likeness (QED) is 0.694. The number of piperazine rings is 1. The predicted octanol–water partition coefficient (Wildman–Crippen LogP) is 3.45. The number of nitrogens with one attached hydrogen (secondary N) is 2. The smallest absolute Gasteiger partial charge is 0.229 e. The monoisotopic (exact) mass is 401 g/mol. The van der Waals surface area contributed by atoms with Gasteiger partial charge >= 0.3 is 0 Å². The van der Waals surface area contributed by atoms with E-state index in [1.807, 2.05) is 30.6 Å². The fourth-order valence-electron chi connectivity index (χ4n) is 4.18. The minimum absolute atomic E-state index is 0.0314. The van der Waals surface area contributed by atoms with Crippen LogP contribution < -0.4 is 20.4 Å². The van der Waals surface area contributed by atoms with Crippen LogP contribution in [0.5, 0.6) is 0 Å². The fourth-order valence-corrected chi connectivity index (χ4v) is 4.18. The first-order valence-corrected chi connectivity index (χ1v) is 10.5. The lowest BCUT2D eigenvalue weighted by atomic mass is 9.89. The first-order chi connectivity index (χ1) is 14.6. The van der Waals surface area contributed by atoms with Gasteiger partial charge in [0.2, 0.25) is 5.95 Å². The summed E-state index contributed by atoms with van der Waals surface area (Å²) in [7, 11) is 0. The molecule has 2 aliphatic heterocycles. The van der Waals surface area contributed by atoms with Crippen LogP contribution in [-0.4, -0.2) is 47.7 Å². The Balaban J connectivity index is 1.39. The van der Waals surface area contributed by atoms with Gasteiger partial charge in [-0.2, -0.15) is 4.98 Å². The zero-order valence-electron chi connectivity index (χ0n) is 17.5. The maximum Gasteiger partial charge on any atom is 0.229 e. The van der Waals surface area contributed by atoms with E-state index in [4.69, 9.17) is 4.98 Å². The second-order valence-electron chi connectivity index (χ2n) is 8.50. The number of aromatic nitrogens is 3. The molecule has 1 fully saturated rings. The summed E-state index contributed by atoms with van der Waals surface area (Å²) in [6.45, 7) is 9.43. The molecule has 3 aromatic rings. The molecule has 2 aliphatic rings. The van der Waals surface area contributed by atoms with Crippen molar-refractivity contribution in [3.05, 3.63) is 60.4 Å². The summed E-state index contributed by atoms with van der Waals surface area (Å²) in [4.78, 5) is 18.6. The molecule has 1 saturated heterocycles. The van der Waals surface area contributed by atoms with E-state index in [2.05, 4.69) is 68.5 Å². The van der Waals surface area contributed by atoms with Crippen molar-refractivity contribution in [2.75, 3.05) is 47.8 Å². The minimum Gasteiger partial charge on any atom is -0.369 e. The Labute approximate surface area is 177 Å². The number of anilines is 5. The Morgan fingerprint density at radius 1 is 1.00 bits per heavy atom. The second kappa shape index (κ2) is 7.57. The summed E-state index contributed by atoms with van der Waals surface area (Å²) in [6.07, 6.45) is 3.77. The molecular formula is C23H27N7. The third kappa shape index (κ3) is 3.57. The van der Waals surface area contributed by atoms with Crippen molar-refractivity contribution < 1.29 is 0 Å². The van der Waals surface area contributed by atoms with Crippen molar-refractivity contribution in [2.45, 2.75) is 19.3 Å². The van der Waals surface area contributed by atoms with Gasteiger partial charge in [-0.05, 0) is 36.4 Å². The van der Waals surface area contributed by atoms with Gasteiger partial charge in [0.05, 0.1) is 0 Å². The van der Waals surface area contributed by atoms with Gasteiger partial charge in [-0.25, -0.2) is 9.97 Å². The molecule has 7 heteroatoms. The largest absolute Gasteiger partial charge is 0.369 e. The molecule has 0 amide bonds. The number of hydrogen-bond donors (Lipinski definition) is 2. The summed E-state index contributed by atoms with van der Waals surface area (Å²) >= 11 is 0. The lowest BCUT2D eigenvalue weighted by Crippen LogP contribution is -2.43. The average Bonchev–Trinajstić information content (AvgIpc) is 3.06. The topological polar surface area (TPSA) is 69.2 Å². The Morgan fingerprint density at radius 3 is 2.53 bits per heavy atom. The lowest BCUT2D eigenvalue weighted by Gasteiger charge is -2.29. The Bertz CT molecular complexity index is 1010. The molecule has 4 heterocycles. The van der Waals surface area contributed by atoms with Crippen molar-refractivity contribution in [3.8, 4) is 0 Å². The van der Waals surface area contributed by atoms with E-state index < -0.39 is 0 Å². The van der Waals surface area contributed by atoms with Crippen molar-refractivity contribution in [1.29, 1.82) is 0 Å². The molecule has 0 bridgehead atoms. The molecule has 0 aliphatic carbocycles. The van der Waals surface area contributed by atoms with Crippen molar-refractivity contribution in [2.24, 2.45) is 0 Å². The van der Waals surface area contributed by atoms with Crippen LogP contribution in [0.3, 0.4) is 0 Å². The number of fused-ring (bicyclic) bond motifs is 1. The molecule has 2 aromatic heterocycles. The van der Waals surface area contributed by atoms with E-state index in [1.54, 1.807) is 0 Å². The van der Waals surface area contributed by atoms with E-state index in [9.17, 15) is 0 Å². The van der Waals surface area contributed by atoms with E-state index >= 15 is 0 Å². The molecule has 0 saturated carbocycles. The minimum atomic E-state index is -0.0314. The van der Waals surface area contributed by atoms with Gasteiger partial charge in [0.1, 0.15) is 11.6 Å². The number of hydrogen-bond acceptors (Lipinski definition) is 7. The third-order valence-corrected chi connectivity index (χ3v) is 5.84. The molecule has 2 N–H and O–H groups in total. The van der Waals surface area contributed by atoms with Crippen molar-refractivity contribution in [1.82, 2.24) is 20.3 Å². The molecule has 0 spiro atoms. The lowest BCUT2D eigenvalue weighted by molar-refractivity contribution is 0.566. The van der Waals surface area contributed by atoms with E-state index in [0.717, 1.165) is 55.6 Å². The maximum atomic E-state index is 4.86. The molecule has 1 aromatic carbocycles.